The number of methoxy groups -OCH3 is 1. The van der Waals surface area contributed by atoms with E-state index >= 15 is 0 Å². The number of nitrogens with one attached hydrogen (secondary N) is 1. The molecule has 172 valence electrons. The molecule has 3 rings (SSSR count). The van der Waals surface area contributed by atoms with Crippen LogP contribution in [0.4, 0.5) is 11.4 Å². The molecule has 0 heterocycles. The highest BCUT2D eigenvalue weighted by Gasteiger charge is 2.27. The van der Waals surface area contributed by atoms with Crippen LogP contribution in [-0.4, -0.2) is 34.6 Å². The SMILES string of the molecule is C=CCOc1ccc(NC(=O)CN(c2ccccc2)S(=O)(=O)c2ccc(OC)c(C)c2)cc1. The van der Waals surface area contributed by atoms with Gasteiger partial charge in [-0.15, -0.1) is 0 Å². The van der Waals surface area contributed by atoms with Crippen molar-refractivity contribution in [2.45, 2.75) is 11.8 Å². The molecule has 0 aliphatic carbocycles. The topological polar surface area (TPSA) is 84.9 Å². The van der Waals surface area contributed by atoms with Gasteiger partial charge < -0.3 is 14.8 Å². The molecule has 0 saturated carbocycles. The number of rotatable bonds is 10. The maximum Gasteiger partial charge on any atom is 0.264 e. The Morgan fingerprint density at radius 2 is 1.76 bits per heavy atom. The summed E-state index contributed by atoms with van der Waals surface area (Å²) in [7, 11) is -2.50. The van der Waals surface area contributed by atoms with Gasteiger partial charge in [-0.2, -0.15) is 0 Å². The van der Waals surface area contributed by atoms with E-state index in [-0.39, 0.29) is 4.90 Å². The van der Waals surface area contributed by atoms with Crippen molar-refractivity contribution in [2.24, 2.45) is 0 Å². The average molecular weight is 467 g/mol. The van der Waals surface area contributed by atoms with Crippen LogP contribution in [0.5, 0.6) is 11.5 Å². The van der Waals surface area contributed by atoms with E-state index < -0.39 is 22.5 Å². The zero-order valence-electron chi connectivity index (χ0n) is 18.5. The Kier molecular flexibility index (Phi) is 7.74. The smallest absolute Gasteiger partial charge is 0.264 e. The number of hydrogen-bond acceptors (Lipinski definition) is 5. The van der Waals surface area contributed by atoms with E-state index in [1.54, 1.807) is 73.7 Å². The minimum Gasteiger partial charge on any atom is -0.496 e. The third kappa shape index (κ3) is 5.93. The number of anilines is 2. The monoisotopic (exact) mass is 466 g/mol. The van der Waals surface area contributed by atoms with Gasteiger partial charge in [0.1, 0.15) is 24.7 Å². The molecule has 0 aliphatic heterocycles. The number of para-hydroxylation sites is 1. The van der Waals surface area contributed by atoms with Crippen LogP contribution >= 0.6 is 0 Å². The summed E-state index contributed by atoms with van der Waals surface area (Å²) in [6, 6.07) is 19.9. The van der Waals surface area contributed by atoms with Gasteiger partial charge in [0.2, 0.25) is 5.91 Å². The van der Waals surface area contributed by atoms with Gasteiger partial charge in [-0.3, -0.25) is 9.10 Å². The number of sulfonamides is 1. The Morgan fingerprint density at radius 1 is 1.06 bits per heavy atom. The van der Waals surface area contributed by atoms with Gasteiger partial charge >= 0.3 is 0 Å². The molecule has 3 aromatic rings. The second kappa shape index (κ2) is 10.7. The van der Waals surface area contributed by atoms with Crippen molar-refractivity contribution in [2.75, 3.05) is 29.9 Å². The van der Waals surface area contributed by atoms with Crippen molar-refractivity contribution in [1.82, 2.24) is 0 Å². The standard InChI is InChI=1S/C25H26N2O5S/c1-4-16-32-22-12-10-20(11-13-22)26-25(28)18-27(21-8-6-5-7-9-21)33(29,30)23-14-15-24(31-3)19(2)17-23/h4-15,17H,1,16,18H2,2-3H3,(H,26,28). The Morgan fingerprint density at radius 3 is 2.36 bits per heavy atom. The summed E-state index contributed by atoms with van der Waals surface area (Å²) in [5.74, 6) is 0.738. The number of hydrogen-bond donors (Lipinski definition) is 1. The van der Waals surface area contributed by atoms with E-state index in [1.165, 1.54) is 19.2 Å². The number of aryl methyl sites for hydroxylation is 1. The Hall–Kier alpha value is -3.78. The van der Waals surface area contributed by atoms with Crippen molar-refractivity contribution in [3.63, 3.8) is 0 Å². The fraction of sp³-hybridized carbons (Fsp3) is 0.160. The Labute approximate surface area is 194 Å². The summed E-state index contributed by atoms with van der Waals surface area (Å²) in [5.41, 5.74) is 1.58. The van der Waals surface area contributed by atoms with E-state index in [9.17, 15) is 13.2 Å². The summed E-state index contributed by atoms with van der Waals surface area (Å²) >= 11 is 0. The lowest BCUT2D eigenvalue weighted by molar-refractivity contribution is -0.114. The first-order chi connectivity index (χ1) is 15.8. The summed E-state index contributed by atoms with van der Waals surface area (Å²) in [6.45, 7) is 5.34. The van der Waals surface area contributed by atoms with E-state index in [2.05, 4.69) is 11.9 Å². The summed E-state index contributed by atoms with van der Waals surface area (Å²) in [4.78, 5) is 12.9. The number of carbonyl (C=O) groups is 1. The van der Waals surface area contributed by atoms with Crippen LogP contribution in [0.25, 0.3) is 0 Å². The van der Waals surface area contributed by atoms with Crippen molar-refractivity contribution >= 4 is 27.3 Å². The highest BCUT2D eigenvalue weighted by atomic mass is 32.2. The molecule has 3 aromatic carbocycles. The highest BCUT2D eigenvalue weighted by Crippen LogP contribution is 2.27. The predicted octanol–water partition coefficient (Wildman–Crippen LogP) is 4.40. The third-order valence-electron chi connectivity index (χ3n) is 4.79. The van der Waals surface area contributed by atoms with Crippen LogP contribution in [0.2, 0.25) is 0 Å². The molecule has 1 N–H and O–H groups in total. The van der Waals surface area contributed by atoms with E-state index in [0.717, 1.165) is 4.31 Å². The third-order valence-corrected chi connectivity index (χ3v) is 6.56. The molecule has 0 unspecified atom stereocenters. The number of ether oxygens (including phenoxy) is 2. The quantitative estimate of drug-likeness (QED) is 0.448. The predicted molar refractivity (Wildman–Crippen MR) is 129 cm³/mol. The normalized spacial score (nSPS) is 10.8. The second-order valence-corrected chi connectivity index (χ2v) is 9.01. The minimum atomic E-state index is -4.02. The van der Waals surface area contributed by atoms with Crippen LogP contribution in [0.1, 0.15) is 5.56 Å². The van der Waals surface area contributed by atoms with E-state index in [4.69, 9.17) is 9.47 Å². The molecule has 1 amide bonds. The second-order valence-electron chi connectivity index (χ2n) is 7.15. The molecule has 8 heteroatoms. The van der Waals surface area contributed by atoms with E-state index in [1.807, 2.05) is 0 Å². The first kappa shape index (κ1) is 23.9. The molecular weight excluding hydrogens is 440 g/mol. The van der Waals surface area contributed by atoms with Crippen molar-refractivity contribution < 1.29 is 22.7 Å². The van der Waals surface area contributed by atoms with Gasteiger partial charge in [-0.05, 0) is 67.1 Å². The summed E-state index contributed by atoms with van der Waals surface area (Å²) in [5, 5.41) is 2.74. The van der Waals surface area contributed by atoms with Gasteiger partial charge in [0.05, 0.1) is 17.7 Å². The molecule has 0 spiro atoms. The first-order valence-electron chi connectivity index (χ1n) is 10.2. The fourth-order valence-corrected chi connectivity index (χ4v) is 4.68. The number of benzene rings is 3. The van der Waals surface area contributed by atoms with E-state index in [0.29, 0.717) is 35.0 Å². The number of nitrogens with zero attached hydrogens (tertiary/aromatic N) is 1. The van der Waals surface area contributed by atoms with Crippen LogP contribution in [0, 0.1) is 6.92 Å². The first-order valence-corrected chi connectivity index (χ1v) is 11.6. The maximum atomic E-state index is 13.5. The highest BCUT2D eigenvalue weighted by molar-refractivity contribution is 7.92. The summed E-state index contributed by atoms with van der Waals surface area (Å²) < 4.78 is 38.7. The van der Waals surface area contributed by atoms with Crippen LogP contribution in [-0.2, 0) is 14.8 Å². The Bertz CT molecular complexity index is 1210. The van der Waals surface area contributed by atoms with Crippen molar-refractivity contribution in [3.8, 4) is 11.5 Å². The van der Waals surface area contributed by atoms with Gasteiger partial charge in [0.25, 0.3) is 10.0 Å². The zero-order valence-corrected chi connectivity index (χ0v) is 19.3. The van der Waals surface area contributed by atoms with Crippen LogP contribution in [0.15, 0.2) is 90.3 Å². The van der Waals surface area contributed by atoms with Crippen LogP contribution < -0.4 is 19.1 Å². The molecule has 0 atom stereocenters. The van der Waals surface area contributed by atoms with Gasteiger partial charge in [0.15, 0.2) is 0 Å². The molecule has 33 heavy (non-hydrogen) atoms. The number of carbonyl (C=O) groups excluding carboxylic acids is 1. The Balaban J connectivity index is 1.85. The average Bonchev–Trinajstić information content (AvgIpc) is 2.82. The molecule has 0 radical (unpaired) electrons. The fourth-order valence-electron chi connectivity index (χ4n) is 3.17. The van der Waals surface area contributed by atoms with Gasteiger partial charge in [-0.25, -0.2) is 8.42 Å². The molecule has 7 nitrogen and oxygen atoms in total. The molecule has 0 fully saturated rings. The lowest BCUT2D eigenvalue weighted by Gasteiger charge is -2.24. The van der Waals surface area contributed by atoms with Crippen molar-refractivity contribution in [3.05, 3.63) is 91.0 Å². The molecule has 0 aliphatic rings. The zero-order chi connectivity index (χ0) is 23.8. The molecule has 0 aromatic heterocycles. The van der Waals surface area contributed by atoms with Gasteiger partial charge in [0, 0.05) is 5.69 Å². The number of amides is 1. The summed E-state index contributed by atoms with van der Waals surface area (Å²) in [6.07, 6.45) is 1.64. The van der Waals surface area contributed by atoms with Crippen LogP contribution in [0.3, 0.4) is 0 Å². The maximum absolute atomic E-state index is 13.5. The largest absolute Gasteiger partial charge is 0.496 e. The van der Waals surface area contributed by atoms with Crippen molar-refractivity contribution in [1.29, 1.82) is 0 Å². The molecule has 0 bridgehead atoms. The van der Waals surface area contributed by atoms with Gasteiger partial charge in [-0.1, -0.05) is 30.9 Å². The molecular formula is C25H26N2O5S. The molecule has 0 saturated heterocycles. The minimum absolute atomic E-state index is 0.0705. The lowest BCUT2D eigenvalue weighted by Crippen LogP contribution is -2.38. The lowest BCUT2D eigenvalue weighted by atomic mass is 10.2.